The predicted molar refractivity (Wildman–Crippen MR) is 84.0 cm³/mol. The van der Waals surface area contributed by atoms with Crippen molar-refractivity contribution < 1.29 is 14.6 Å². The third-order valence-electron chi connectivity index (χ3n) is 3.20. The summed E-state index contributed by atoms with van der Waals surface area (Å²) in [5, 5.41) is 9.39. The number of aromatic nitrogens is 2. The molecule has 0 atom stereocenters. The van der Waals surface area contributed by atoms with Gasteiger partial charge in [-0.1, -0.05) is 25.5 Å². The summed E-state index contributed by atoms with van der Waals surface area (Å²) in [5.74, 6) is -0.350. The van der Waals surface area contributed by atoms with Crippen LogP contribution in [0.3, 0.4) is 0 Å². The Morgan fingerprint density at radius 1 is 1.36 bits per heavy atom. The Bertz CT molecular complexity index is 686. The molecule has 0 bridgehead atoms. The molecule has 2 rings (SSSR count). The minimum atomic E-state index is -1.08. The number of hydrogen-bond donors (Lipinski definition) is 2. The highest BCUT2D eigenvalue weighted by Gasteiger charge is 2.19. The van der Waals surface area contributed by atoms with Crippen LogP contribution < -0.4 is 10.5 Å². The average molecular weight is 301 g/mol. The number of anilines is 1. The van der Waals surface area contributed by atoms with Gasteiger partial charge in [-0.3, -0.25) is 0 Å². The van der Waals surface area contributed by atoms with E-state index in [9.17, 15) is 9.90 Å². The van der Waals surface area contributed by atoms with Crippen LogP contribution in [-0.4, -0.2) is 27.7 Å². The quantitative estimate of drug-likeness (QED) is 0.796. The van der Waals surface area contributed by atoms with E-state index in [1.165, 1.54) is 0 Å². The Balaban J connectivity index is 2.43. The number of carboxylic acid groups (broad SMARTS) is 1. The number of unbranched alkanes of at least 4 members (excludes halogenated alkanes) is 1. The molecule has 22 heavy (non-hydrogen) atoms. The summed E-state index contributed by atoms with van der Waals surface area (Å²) in [7, 11) is 0. The van der Waals surface area contributed by atoms with E-state index in [4.69, 9.17) is 10.5 Å². The van der Waals surface area contributed by atoms with Crippen molar-refractivity contribution in [1.29, 1.82) is 0 Å². The molecule has 0 aliphatic heterocycles. The molecule has 0 radical (unpaired) electrons. The van der Waals surface area contributed by atoms with Gasteiger partial charge in [0, 0.05) is 5.56 Å². The zero-order valence-corrected chi connectivity index (χ0v) is 12.7. The van der Waals surface area contributed by atoms with E-state index in [2.05, 4.69) is 16.9 Å². The van der Waals surface area contributed by atoms with Crippen LogP contribution in [0.15, 0.2) is 24.3 Å². The normalized spacial score (nSPS) is 10.5. The zero-order valence-electron chi connectivity index (χ0n) is 12.7. The Labute approximate surface area is 129 Å². The van der Waals surface area contributed by atoms with E-state index in [-0.39, 0.29) is 11.5 Å². The number of rotatable bonds is 6. The SMILES string of the molecule is CCCCOc1cccc(-c2nc(N)nc(C)c2C(=O)O)c1. The first kappa shape index (κ1) is 15.8. The Morgan fingerprint density at radius 2 is 2.14 bits per heavy atom. The third kappa shape index (κ3) is 3.52. The summed E-state index contributed by atoms with van der Waals surface area (Å²) < 4.78 is 5.65. The fourth-order valence-electron chi connectivity index (χ4n) is 2.13. The van der Waals surface area contributed by atoms with E-state index in [1.807, 2.05) is 6.07 Å². The maximum atomic E-state index is 11.5. The van der Waals surface area contributed by atoms with Gasteiger partial charge in [0.2, 0.25) is 5.95 Å². The van der Waals surface area contributed by atoms with Gasteiger partial charge in [0.05, 0.1) is 18.0 Å². The number of nitrogens with zero attached hydrogens (tertiary/aromatic N) is 2. The molecule has 0 saturated carbocycles. The molecular weight excluding hydrogens is 282 g/mol. The number of hydrogen-bond acceptors (Lipinski definition) is 5. The highest BCUT2D eigenvalue weighted by Crippen LogP contribution is 2.27. The first-order chi connectivity index (χ1) is 10.5. The average Bonchev–Trinajstić information content (AvgIpc) is 2.46. The standard InChI is InChI=1S/C16H19N3O3/c1-3-4-8-22-12-7-5-6-11(9-12)14-13(15(20)21)10(2)18-16(17)19-14/h5-7,9H,3-4,8H2,1-2H3,(H,20,21)(H2,17,18,19). The number of nitrogen functional groups attached to an aromatic ring is 1. The van der Waals surface area contributed by atoms with Crippen LogP contribution in [0.1, 0.15) is 35.8 Å². The molecular formula is C16H19N3O3. The smallest absolute Gasteiger partial charge is 0.339 e. The fourth-order valence-corrected chi connectivity index (χ4v) is 2.13. The predicted octanol–water partition coefficient (Wildman–Crippen LogP) is 2.91. The highest BCUT2D eigenvalue weighted by molar-refractivity contribution is 5.96. The van der Waals surface area contributed by atoms with Gasteiger partial charge in [0.15, 0.2) is 0 Å². The summed E-state index contributed by atoms with van der Waals surface area (Å²) in [6.07, 6.45) is 2.01. The lowest BCUT2D eigenvalue weighted by Gasteiger charge is -2.11. The third-order valence-corrected chi connectivity index (χ3v) is 3.20. The Hall–Kier alpha value is -2.63. The summed E-state index contributed by atoms with van der Waals surface area (Å²) in [5.41, 5.74) is 7.00. The molecule has 1 aromatic carbocycles. The zero-order chi connectivity index (χ0) is 16.1. The first-order valence-electron chi connectivity index (χ1n) is 7.13. The lowest BCUT2D eigenvalue weighted by atomic mass is 10.0. The molecule has 0 aliphatic rings. The van der Waals surface area contributed by atoms with Gasteiger partial charge in [-0.25, -0.2) is 14.8 Å². The molecule has 2 aromatic rings. The fraction of sp³-hybridized carbons (Fsp3) is 0.312. The molecule has 6 nitrogen and oxygen atoms in total. The van der Waals surface area contributed by atoms with Gasteiger partial charge >= 0.3 is 5.97 Å². The van der Waals surface area contributed by atoms with Crippen molar-refractivity contribution in [2.24, 2.45) is 0 Å². The number of ether oxygens (including phenoxy) is 1. The van der Waals surface area contributed by atoms with Crippen LogP contribution in [0.5, 0.6) is 5.75 Å². The number of benzene rings is 1. The lowest BCUT2D eigenvalue weighted by Crippen LogP contribution is -2.09. The molecule has 3 N–H and O–H groups in total. The number of aryl methyl sites for hydroxylation is 1. The number of carboxylic acids is 1. The van der Waals surface area contributed by atoms with Crippen LogP contribution in [0.4, 0.5) is 5.95 Å². The van der Waals surface area contributed by atoms with Gasteiger partial charge < -0.3 is 15.6 Å². The minimum absolute atomic E-state index is 0.0507. The van der Waals surface area contributed by atoms with E-state index in [0.717, 1.165) is 12.8 Å². The second-order valence-electron chi connectivity index (χ2n) is 4.93. The maximum Gasteiger partial charge on any atom is 0.339 e. The van der Waals surface area contributed by atoms with Crippen molar-refractivity contribution in [1.82, 2.24) is 9.97 Å². The summed E-state index contributed by atoms with van der Waals surface area (Å²) in [6, 6.07) is 7.18. The maximum absolute atomic E-state index is 11.5. The molecule has 1 heterocycles. The number of aromatic carboxylic acids is 1. The van der Waals surface area contributed by atoms with Crippen molar-refractivity contribution in [2.45, 2.75) is 26.7 Å². The summed E-state index contributed by atoms with van der Waals surface area (Å²) >= 11 is 0. The van der Waals surface area contributed by atoms with Crippen LogP contribution in [0, 0.1) is 6.92 Å². The molecule has 116 valence electrons. The van der Waals surface area contributed by atoms with Gasteiger partial charge in [-0.15, -0.1) is 0 Å². The van der Waals surface area contributed by atoms with Gasteiger partial charge in [0.25, 0.3) is 0 Å². The molecule has 0 unspecified atom stereocenters. The number of nitrogens with two attached hydrogens (primary N) is 1. The summed E-state index contributed by atoms with van der Waals surface area (Å²) in [6.45, 7) is 4.31. The molecule has 1 aromatic heterocycles. The molecule has 0 amide bonds. The van der Waals surface area contributed by atoms with Crippen LogP contribution in [0.2, 0.25) is 0 Å². The minimum Gasteiger partial charge on any atom is -0.494 e. The van der Waals surface area contributed by atoms with Crippen molar-refractivity contribution in [3.63, 3.8) is 0 Å². The van der Waals surface area contributed by atoms with Crippen molar-refractivity contribution >= 4 is 11.9 Å². The van der Waals surface area contributed by atoms with E-state index < -0.39 is 5.97 Å². The van der Waals surface area contributed by atoms with E-state index in [0.29, 0.717) is 29.3 Å². The first-order valence-corrected chi connectivity index (χ1v) is 7.13. The van der Waals surface area contributed by atoms with Gasteiger partial charge in [0.1, 0.15) is 11.3 Å². The molecule has 0 saturated heterocycles. The molecule has 0 aliphatic carbocycles. The number of carbonyl (C=O) groups is 1. The largest absolute Gasteiger partial charge is 0.494 e. The van der Waals surface area contributed by atoms with E-state index in [1.54, 1.807) is 25.1 Å². The molecule has 0 spiro atoms. The molecule has 6 heteroatoms. The van der Waals surface area contributed by atoms with Crippen LogP contribution in [-0.2, 0) is 0 Å². The van der Waals surface area contributed by atoms with Crippen molar-refractivity contribution in [3.05, 3.63) is 35.5 Å². The van der Waals surface area contributed by atoms with Crippen molar-refractivity contribution in [3.8, 4) is 17.0 Å². The van der Waals surface area contributed by atoms with Crippen molar-refractivity contribution in [2.75, 3.05) is 12.3 Å². The van der Waals surface area contributed by atoms with Crippen LogP contribution in [0.25, 0.3) is 11.3 Å². The topological polar surface area (TPSA) is 98.3 Å². The molecule has 0 fully saturated rings. The van der Waals surface area contributed by atoms with Gasteiger partial charge in [-0.05, 0) is 25.5 Å². The monoisotopic (exact) mass is 301 g/mol. The van der Waals surface area contributed by atoms with Crippen LogP contribution >= 0.6 is 0 Å². The second kappa shape index (κ2) is 6.89. The lowest BCUT2D eigenvalue weighted by molar-refractivity contribution is 0.0696. The summed E-state index contributed by atoms with van der Waals surface area (Å²) in [4.78, 5) is 19.5. The Morgan fingerprint density at radius 3 is 2.82 bits per heavy atom. The van der Waals surface area contributed by atoms with E-state index >= 15 is 0 Å². The highest BCUT2D eigenvalue weighted by atomic mass is 16.5. The Kier molecular flexibility index (Phi) is 4.93. The van der Waals surface area contributed by atoms with Gasteiger partial charge in [-0.2, -0.15) is 0 Å². The second-order valence-corrected chi connectivity index (χ2v) is 4.93.